The van der Waals surface area contributed by atoms with Crippen molar-refractivity contribution in [3.05, 3.63) is 46.8 Å². The lowest BCUT2D eigenvalue weighted by atomic mass is 10.0. The highest BCUT2D eigenvalue weighted by Gasteiger charge is 2.19. The first-order valence-corrected chi connectivity index (χ1v) is 8.79. The van der Waals surface area contributed by atoms with Crippen LogP contribution in [0.2, 0.25) is 0 Å². The average molecular weight is 325 g/mol. The average Bonchev–Trinajstić information content (AvgIpc) is 3.21. The van der Waals surface area contributed by atoms with Gasteiger partial charge in [0.05, 0.1) is 25.3 Å². The number of amides is 1. The summed E-state index contributed by atoms with van der Waals surface area (Å²) in [5.41, 5.74) is 4.67. The van der Waals surface area contributed by atoms with Crippen LogP contribution >= 0.6 is 0 Å². The van der Waals surface area contributed by atoms with Gasteiger partial charge in [-0.05, 0) is 49.4 Å². The van der Waals surface area contributed by atoms with Gasteiger partial charge in [-0.2, -0.15) is 5.10 Å². The molecule has 5 heteroatoms. The van der Waals surface area contributed by atoms with Gasteiger partial charge in [-0.15, -0.1) is 0 Å². The van der Waals surface area contributed by atoms with E-state index in [0.717, 1.165) is 42.9 Å². The molecule has 0 bridgehead atoms. The normalized spacial score (nSPS) is 16.9. The summed E-state index contributed by atoms with van der Waals surface area (Å²) in [4.78, 5) is 12.4. The van der Waals surface area contributed by atoms with Crippen molar-refractivity contribution in [2.45, 2.75) is 51.6 Å². The topological polar surface area (TPSA) is 56.2 Å². The maximum atomic E-state index is 12.4. The fraction of sp³-hybridized carbons (Fsp3) is 0.474. The summed E-state index contributed by atoms with van der Waals surface area (Å²) in [6.45, 7) is 3.76. The van der Waals surface area contributed by atoms with Crippen LogP contribution in [0, 0.1) is 0 Å². The molecule has 1 aromatic heterocycles. The molecule has 1 amide bonds. The third-order valence-electron chi connectivity index (χ3n) is 5.01. The first-order valence-electron chi connectivity index (χ1n) is 8.79. The molecule has 2 aliphatic rings. The third-order valence-corrected chi connectivity index (χ3v) is 5.01. The Kier molecular flexibility index (Phi) is 4.00. The quantitative estimate of drug-likeness (QED) is 0.940. The Morgan fingerprint density at radius 2 is 2.29 bits per heavy atom. The molecule has 0 spiro atoms. The van der Waals surface area contributed by atoms with Crippen molar-refractivity contribution < 1.29 is 9.53 Å². The summed E-state index contributed by atoms with van der Waals surface area (Å²) in [5.74, 6) is 1.03. The molecule has 126 valence electrons. The van der Waals surface area contributed by atoms with Crippen LogP contribution in [-0.4, -0.2) is 22.3 Å². The Balaban J connectivity index is 1.41. The van der Waals surface area contributed by atoms with Crippen LogP contribution in [0.3, 0.4) is 0 Å². The molecule has 5 nitrogen and oxygen atoms in total. The molecule has 1 atom stereocenters. The van der Waals surface area contributed by atoms with Gasteiger partial charge in [-0.25, -0.2) is 0 Å². The van der Waals surface area contributed by atoms with Gasteiger partial charge in [0.15, 0.2) is 0 Å². The van der Waals surface area contributed by atoms with Gasteiger partial charge < -0.3 is 10.1 Å². The van der Waals surface area contributed by atoms with E-state index >= 15 is 0 Å². The Morgan fingerprint density at radius 1 is 1.38 bits per heavy atom. The summed E-state index contributed by atoms with van der Waals surface area (Å²) in [6.07, 6.45) is 6.62. The van der Waals surface area contributed by atoms with E-state index in [-0.39, 0.29) is 11.9 Å². The Morgan fingerprint density at radius 3 is 3.21 bits per heavy atom. The first-order chi connectivity index (χ1) is 11.7. The molecule has 2 aliphatic heterocycles. The zero-order valence-corrected chi connectivity index (χ0v) is 14.0. The smallest absolute Gasteiger partial charge is 0.225 e. The highest BCUT2D eigenvalue weighted by atomic mass is 16.5. The molecule has 0 aliphatic carbocycles. The predicted octanol–water partition coefficient (Wildman–Crippen LogP) is 2.57. The second-order valence-electron chi connectivity index (χ2n) is 6.73. The fourth-order valence-corrected chi connectivity index (χ4v) is 3.66. The second-order valence-corrected chi connectivity index (χ2v) is 6.73. The molecule has 0 fully saturated rings. The number of fused-ring (bicyclic) bond motifs is 2. The lowest BCUT2D eigenvalue weighted by Gasteiger charge is -2.17. The van der Waals surface area contributed by atoms with Gasteiger partial charge in [-0.1, -0.05) is 6.07 Å². The third kappa shape index (κ3) is 2.90. The van der Waals surface area contributed by atoms with E-state index in [9.17, 15) is 4.79 Å². The van der Waals surface area contributed by atoms with Gasteiger partial charge in [-0.3, -0.25) is 9.48 Å². The largest absolute Gasteiger partial charge is 0.493 e. The van der Waals surface area contributed by atoms with Crippen molar-refractivity contribution >= 4 is 5.91 Å². The number of hydrogen-bond donors (Lipinski definition) is 1. The molecule has 4 rings (SSSR count). The van der Waals surface area contributed by atoms with Crippen LogP contribution in [0.15, 0.2) is 24.4 Å². The van der Waals surface area contributed by atoms with Gasteiger partial charge >= 0.3 is 0 Å². The fourth-order valence-electron chi connectivity index (χ4n) is 3.66. The summed E-state index contributed by atoms with van der Waals surface area (Å²) in [7, 11) is 0. The van der Waals surface area contributed by atoms with Crippen molar-refractivity contribution in [2.75, 3.05) is 6.61 Å². The van der Waals surface area contributed by atoms with Crippen molar-refractivity contribution in [1.82, 2.24) is 15.1 Å². The minimum atomic E-state index is -0.00481. The minimum Gasteiger partial charge on any atom is -0.493 e. The van der Waals surface area contributed by atoms with Crippen molar-refractivity contribution in [3.63, 3.8) is 0 Å². The van der Waals surface area contributed by atoms with E-state index in [4.69, 9.17) is 4.74 Å². The first kappa shape index (κ1) is 15.2. The summed E-state index contributed by atoms with van der Waals surface area (Å²) >= 11 is 0. The number of nitrogens with one attached hydrogen (secondary N) is 1. The zero-order chi connectivity index (χ0) is 16.5. The highest BCUT2D eigenvalue weighted by molar-refractivity contribution is 5.79. The van der Waals surface area contributed by atoms with Gasteiger partial charge in [0.25, 0.3) is 0 Å². The van der Waals surface area contributed by atoms with E-state index in [1.54, 1.807) is 0 Å². The van der Waals surface area contributed by atoms with Crippen LogP contribution in [-0.2, 0) is 30.6 Å². The van der Waals surface area contributed by atoms with Crippen LogP contribution < -0.4 is 10.1 Å². The molecule has 1 N–H and O–H groups in total. The maximum Gasteiger partial charge on any atom is 0.225 e. The van der Waals surface area contributed by atoms with E-state index in [1.165, 1.54) is 24.1 Å². The molecule has 3 heterocycles. The molecule has 0 saturated heterocycles. The van der Waals surface area contributed by atoms with E-state index in [1.807, 2.05) is 25.3 Å². The molecule has 2 aromatic rings. The van der Waals surface area contributed by atoms with Gasteiger partial charge in [0.1, 0.15) is 5.75 Å². The summed E-state index contributed by atoms with van der Waals surface area (Å²) in [6, 6.07) is 6.19. The van der Waals surface area contributed by atoms with Gasteiger partial charge in [0.2, 0.25) is 5.91 Å². The number of hydrogen-bond acceptors (Lipinski definition) is 3. The monoisotopic (exact) mass is 325 g/mol. The SMILES string of the molecule is C[C@@H](NC(=O)Cc1cnn2c1CCCC2)c1ccc2c(c1)CCO2. The second kappa shape index (κ2) is 6.30. The van der Waals surface area contributed by atoms with E-state index in [0.29, 0.717) is 6.42 Å². The number of aryl methyl sites for hydroxylation is 1. The molecule has 1 aromatic carbocycles. The highest BCUT2D eigenvalue weighted by Crippen LogP contribution is 2.28. The predicted molar refractivity (Wildman–Crippen MR) is 91.1 cm³/mol. The van der Waals surface area contributed by atoms with Crippen molar-refractivity contribution in [1.29, 1.82) is 0 Å². The van der Waals surface area contributed by atoms with Gasteiger partial charge in [0, 0.05) is 24.2 Å². The van der Waals surface area contributed by atoms with Crippen LogP contribution in [0.1, 0.15) is 48.2 Å². The number of benzene rings is 1. The Hall–Kier alpha value is -2.30. The number of carbonyl (C=O) groups is 1. The molecule has 24 heavy (non-hydrogen) atoms. The molecular formula is C19H23N3O2. The number of aromatic nitrogens is 2. The lowest BCUT2D eigenvalue weighted by molar-refractivity contribution is -0.121. The molecule has 0 unspecified atom stereocenters. The summed E-state index contributed by atoms with van der Waals surface area (Å²) < 4.78 is 7.59. The van der Waals surface area contributed by atoms with E-state index < -0.39 is 0 Å². The number of carbonyl (C=O) groups excluding carboxylic acids is 1. The Bertz CT molecular complexity index is 766. The molecular weight excluding hydrogens is 302 g/mol. The van der Waals surface area contributed by atoms with Crippen molar-refractivity contribution in [2.24, 2.45) is 0 Å². The number of nitrogens with zero attached hydrogens (tertiary/aromatic N) is 2. The van der Waals surface area contributed by atoms with E-state index in [2.05, 4.69) is 21.2 Å². The maximum absolute atomic E-state index is 12.4. The molecule has 0 radical (unpaired) electrons. The standard InChI is InChI=1S/C19H23N3O2/c1-13(14-5-6-18-15(10-14)7-9-24-18)21-19(23)11-16-12-20-22-8-3-2-4-17(16)22/h5-6,10,12-13H,2-4,7-9,11H2,1H3,(H,21,23)/t13-/m1/s1. The van der Waals surface area contributed by atoms with Crippen molar-refractivity contribution in [3.8, 4) is 5.75 Å². The van der Waals surface area contributed by atoms with Crippen LogP contribution in [0.25, 0.3) is 0 Å². The summed E-state index contributed by atoms with van der Waals surface area (Å²) in [5, 5.41) is 7.52. The molecule has 0 saturated carbocycles. The number of rotatable bonds is 4. The Labute approximate surface area is 142 Å². The van der Waals surface area contributed by atoms with Crippen LogP contribution in [0.4, 0.5) is 0 Å². The number of ether oxygens (including phenoxy) is 1. The zero-order valence-electron chi connectivity index (χ0n) is 14.0. The minimum absolute atomic E-state index is 0.00481. The van der Waals surface area contributed by atoms with Crippen LogP contribution in [0.5, 0.6) is 5.75 Å². The lowest BCUT2D eigenvalue weighted by Crippen LogP contribution is -2.28.